The molecule has 176 valence electrons. The molecule has 0 aliphatic carbocycles. The summed E-state index contributed by atoms with van der Waals surface area (Å²) in [5.74, 6) is -0.372. The molecule has 0 bridgehead atoms. The highest BCUT2D eigenvalue weighted by molar-refractivity contribution is 7.91. The topological polar surface area (TPSA) is 139 Å². The molecule has 1 aliphatic rings. The first-order valence-corrected chi connectivity index (χ1v) is 14.0. The van der Waals surface area contributed by atoms with E-state index in [2.05, 4.69) is 21.4 Å². The maximum absolute atomic E-state index is 13.6. The smallest absolute Gasteiger partial charge is 0.342 e. The molecule has 3 heterocycles. The van der Waals surface area contributed by atoms with E-state index in [1.807, 2.05) is 0 Å². The third kappa shape index (κ3) is 4.45. The van der Waals surface area contributed by atoms with Gasteiger partial charge in [0, 0.05) is 37.4 Å². The number of sulfonamides is 1. The predicted octanol–water partition coefficient (Wildman–Crippen LogP) is 1.94. The molecule has 1 fully saturated rings. The number of hydrogen-bond donors (Lipinski definition) is 1. The van der Waals surface area contributed by atoms with Crippen LogP contribution in [0.15, 0.2) is 58.0 Å². The van der Waals surface area contributed by atoms with Gasteiger partial charge in [-0.1, -0.05) is 12.1 Å². The summed E-state index contributed by atoms with van der Waals surface area (Å²) in [6, 6.07) is 13.6. The van der Waals surface area contributed by atoms with Gasteiger partial charge in [0.05, 0.1) is 22.2 Å². The fourth-order valence-corrected chi connectivity index (χ4v) is 7.29. The molecule has 1 aromatic carbocycles. The van der Waals surface area contributed by atoms with Crippen LogP contribution in [0.3, 0.4) is 0 Å². The summed E-state index contributed by atoms with van der Waals surface area (Å²) in [5.41, 5.74) is 0.289. The van der Waals surface area contributed by atoms with Crippen molar-refractivity contribution in [3.8, 4) is 16.6 Å². The van der Waals surface area contributed by atoms with Crippen molar-refractivity contribution in [3.63, 3.8) is 0 Å². The van der Waals surface area contributed by atoms with Crippen molar-refractivity contribution in [2.75, 3.05) is 19.8 Å². The monoisotopic (exact) mass is 515 g/mol. The molecule has 0 saturated carbocycles. The number of rotatable bonds is 7. The maximum atomic E-state index is 13.6. The number of hydrogen-bond acceptors (Lipinski definition) is 8. The van der Waals surface area contributed by atoms with Crippen molar-refractivity contribution in [1.29, 1.82) is 5.26 Å². The number of nitrogens with zero attached hydrogens (tertiary/aromatic N) is 4. The Bertz CT molecular complexity index is 1380. The third-order valence-electron chi connectivity index (χ3n) is 5.74. The van der Waals surface area contributed by atoms with Gasteiger partial charge in [-0.05, 0) is 42.3 Å². The van der Waals surface area contributed by atoms with E-state index >= 15 is 0 Å². The van der Waals surface area contributed by atoms with Crippen LogP contribution in [0.4, 0.5) is 0 Å². The Labute approximate surface area is 204 Å². The van der Waals surface area contributed by atoms with E-state index in [4.69, 9.17) is 0 Å². The van der Waals surface area contributed by atoms with Crippen LogP contribution in [-0.4, -0.2) is 58.5 Å². The van der Waals surface area contributed by atoms with Crippen LogP contribution in [0.5, 0.6) is 0 Å². The number of likely N-dealkylation sites (N-methyl/N-ethyl adjacent to an activating group) is 1. The van der Waals surface area contributed by atoms with Crippen molar-refractivity contribution in [3.05, 3.63) is 59.8 Å². The van der Waals surface area contributed by atoms with Crippen LogP contribution in [0.1, 0.15) is 17.5 Å². The molecule has 3 aromatic rings. The van der Waals surface area contributed by atoms with Crippen molar-refractivity contribution in [1.82, 2.24) is 19.6 Å². The van der Waals surface area contributed by atoms with E-state index < -0.39 is 26.7 Å². The van der Waals surface area contributed by atoms with Crippen LogP contribution >= 0.6 is 11.3 Å². The fourth-order valence-electron chi connectivity index (χ4n) is 3.91. The minimum atomic E-state index is -4.04. The van der Waals surface area contributed by atoms with Crippen LogP contribution in [0.25, 0.3) is 10.6 Å². The summed E-state index contributed by atoms with van der Waals surface area (Å²) in [7, 11) is -2.63. The molecule has 9 nitrogen and oxygen atoms in total. The van der Waals surface area contributed by atoms with Gasteiger partial charge in [-0.2, -0.15) is 19.5 Å². The first-order chi connectivity index (χ1) is 16.2. The lowest BCUT2D eigenvalue weighted by Crippen LogP contribution is -2.55. The van der Waals surface area contributed by atoms with E-state index in [9.17, 15) is 23.0 Å². The van der Waals surface area contributed by atoms with Gasteiger partial charge in [0.15, 0.2) is 0 Å². The minimum Gasteiger partial charge on any atom is -0.609 e. The highest BCUT2D eigenvalue weighted by Gasteiger charge is 2.50. The van der Waals surface area contributed by atoms with Gasteiger partial charge in [0.25, 0.3) is 10.0 Å². The molecular weight excluding hydrogens is 494 g/mol. The molecule has 2 aromatic heterocycles. The average Bonchev–Trinajstić information content (AvgIpc) is 3.47. The quantitative estimate of drug-likeness (QED) is 0.375. The van der Waals surface area contributed by atoms with Crippen molar-refractivity contribution >= 4 is 38.4 Å². The summed E-state index contributed by atoms with van der Waals surface area (Å²) in [6.45, 7) is 0.351. The largest absolute Gasteiger partial charge is 0.609 e. The zero-order valence-corrected chi connectivity index (χ0v) is 20.8. The zero-order valence-electron chi connectivity index (χ0n) is 18.4. The Hall–Kier alpha value is -2.82. The number of carbonyl (C=O) groups is 1. The van der Waals surface area contributed by atoms with Gasteiger partial charge >= 0.3 is 5.16 Å². The van der Waals surface area contributed by atoms with E-state index in [-0.39, 0.29) is 21.7 Å². The Morgan fingerprint density at radius 2 is 2.12 bits per heavy atom. The minimum absolute atomic E-state index is 0.0626. The standard InChI is InChI=1S/C22H21N5O4S3/c1-27(22(9-11-24-20(22)28)13-15-4-3-5-16(12-15)14-23)34(30,31)19-7-6-18(32-19)17-8-10-25-21(26-17)33(2)29/h3-8,10,12H,9,11,13H2,1-2H3,(H,24,28)/t22-,33?/m1/s1. The molecule has 34 heavy (non-hydrogen) atoms. The van der Waals surface area contributed by atoms with Gasteiger partial charge in [-0.3, -0.25) is 4.79 Å². The zero-order chi connectivity index (χ0) is 24.5. The van der Waals surface area contributed by atoms with E-state index in [1.165, 1.54) is 25.6 Å². The highest BCUT2D eigenvalue weighted by atomic mass is 32.2. The lowest BCUT2D eigenvalue weighted by molar-refractivity contribution is -0.126. The lowest BCUT2D eigenvalue weighted by Gasteiger charge is -2.35. The first-order valence-electron chi connectivity index (χ1n) is 10.2. The van der Waals surface area contributed by atoms with Crippen molar-refractivity contribution in [2.24, 2.45) is 0 Å². The molecule has 1 unspecified atom stereocenters. The lowest BCUT2D eigenvalue weighted by atomic mass is 9.89. The SMILES string of the molecule is CN([C@@]1(Cc2cccc(C#N)c2)CCNC1=O)S(=O)(=O)c1ccc(-c2ccnc([S+](C)[O-])n2)s1. The van der Waals surface area contributed by atoms with Gasteiger partial charge in [-0.25, -0.2) is 8.42 Å². The molecule has 1 aliphatic heterocycles. The number of nitrogens with one attached hydrogen (secondary N) is 1. The molecule has 1 saturated heterocycles. The van der Waals surface area contributed by atoms with Gasteiger partial charge < -0.3 is 9.87 Å². The van der Waals surface area contributed by atoms with E-state index in [1.54, 1.807) is 36.4 Å². The molecule has 2 atom stereocenters. The number of benzene rings is 1. The average molecular weight is 516 g/mol. The second-order valence-corrected chi connectivity index (χ2v) is 12.3. The highest BCUT2D eigenvalue weighted by Crippen LogP contribution is 2.37. The number of thiophene rings is 1. The fraction of sp³-hybridized carbons (Fsp3) is 0.273. The number of carbonyl (C=O) groups excluding carboxylic acids is 1. The third-order valence-corrected chi connectivity index (χ3v) is 9.95. The summed E-state index contributed by atoms with van der Waals surface area (Å²) >= 11 is -0.354. The Balaban J connectivity index is 1.69. The molecule has 0 spiro atoms. The number of amides is 1. The molecule has 0 radical (unpaired) electrons. The van der Waals surface area contributed by atoms with Crippen molar-refractivity contribution < 1.29 is 17.8 Å². The van der Waals surface area contributed by atoms with Crippen LogP contribution in [0.2, 0.25) is 0 Å². The normalized spacial score (nSPS) is 19.1. The molecular formula is C22H21N5O4S3. The number of nitriles is 1. The summed E-state index contributed by atoms with van der Waals surface area (Å²) in [4.78, 5) is 21.8. The molecule has 1 N–H and O–H groups in total. The summed E-state index contributed by atoms with van der Waals surface area (Å²) < 4.78 is 40.2. The van der Waals surface area contributed by atoms with Crippen LogP contribution < -0.4 is 5.32 Å². The molecule has 4 rings (SSSR count). The van der Waals surface area contributed by atoms with Gasteiger partial charge in [-0.15, -0.1) is 11.3 Å². The van der Waals surface area contributed by atoms with Gasteiger partial charge in [0.1, 0.15) is 16.0 Å². The Morgan fingerprint density at radius 1 is 1.32 bits per heavy atom. The van der Waals surface area contributed by atoms with Crippen LogP contribution in [0, 0.1) is 11.3 Å². The second kappa shape index (κ2) is 9.44. The summed E-state index contributed by atoms with van der Waals surface area (Å²) in [5, 5.41) is 12.1. The number of aromatic nitrogens is 2. The van der Waals surface area contributed by atoms with Crippen LogP contribution in [-0.2, 0) is 32.4 Å². The Kier molecular flexibility index (Phi) is 6.75. The summed E-state index contributed by atoms with van der Waals surface area (Å²) in [6.07, 6.45) is 3.39. The van der Waals surface area contributed by atoms with E-state index in [0.29, 0.717) is 34.7 Å². The first kappa shape index (κ1) is 24.3. The Morgan fingerprint density at radius 3 is 2.79 bits per heavy atom. The second-order valence-electron chi connectivity index (χ2n) is 7.80. The predicted molar refractivity (Wildman–Crippen MR) is 128 cm³/mol. The molecule has 12 heteroatoms. The van der Waals surface area contributed by atoms with Crippen molar-refractivity contribution in [2.45, 2.75) is 27.7 Å². The van der Waals surface area contributed by atoms with E-state index in [0.717, 1.165) is 15.6 Å². The van der Waals surface area contributed by atoms with Gasteiger partial charge in [0.2, 0.25) is 5.91 Å². The maximum Gasteiger partial charge on any atom is 0.342 e. The molecule has 1 amide bonds.